The third-order valence-electron chi connectivity index (χ3n) is 2.85. The number of hydrogen-bond acceptors (Lipinski definition) is 3. The summed E-state index contributed by atoms with van der Waals surface area (Å²) in [6, 6.07) is 1.94. The zero-order valence-electron chi connectivity index (χ0n) is 8.96. The molecule has 1 N–H and O–H groups in total. The maximum Gasteiger partial charge on any atom is 0.131 e. The molecular formula is C11H16BrN3. The van der Waals surface area contributed by atoms with Crippen molar-refractivity contribution in [3.63, 3.8) is 0 Å². The second-order valence-corrected chi connectivity index (χ2v) is 4.84. The highest BCUT2D eigenvalue weighted by Gasteiger charge is 2.16. The van der Waals surface area contributed by atoms with Crippen molar-refractivity contribution < 1.29 is 0 Å². The molecule has 1 aliphatic carbocycles. The van der Waals surface area contributed by atoms with Crippen molar-refractivity contribution in [2.75, 3.05) is 11.9 Å². The third kappa shape index (κ3) is 2.91. The Labute approximate surface area is 98.8 Å². The van der Waals surface area contributed by atoms with E-state index in [-0.39, 0.29) is 0 Å². The lowest BCUT2D eigenvalue weighted by Crippen LogP contribution is -2.21. The number of nitrogens with one attached hydrogen (secondary N) is 1. The molecule has 4 heteroatoms. The number of aromatic nitrogens is 2. The van der Waals surface area contributed by atoms with Gasteiger partial charge in [-0.25, -0.2) is 9.97 Å². The molecule has 1 aliphatic rings. The summed E-state index contributed by atoms with van der Waals surface area (Å²) in [5.74, 6) is 2.69. The molecule has 1 heterocycles. The Hall–Kier alpha value is -0.640. The molecule has 0 atom stereocenters. The number of hydrogen-bond donors (Lipinski definition) is 1. The Morgan fingerprint density at radius 2 is 2.27 bits per heavy atom. The summed E-state index contributed by atoms with van der Waals surface area (Å²) in [5, 5.41) is 3.38. The molecule has 3 nitrogen and oxygen atoms in total. The molecule has 1 aromatic rings. The minimum absolute atomic E-state index is 0.851. The summed E-state index contributed by atoms with van der Waals surface area (Å²) in [5.41, 5.74) is 0. The number of nitrogens with zero attached hydrogens (tertiary/aromatic N) is 2. The van der Waals surface area contributed by atoms with Crippen LogP contribution in [0.5, 0.6) is 0 Å². The molecule has 0 radical (unpaired) electrons. The van der Waals surface area contributed by atoms with Crippen molar-refractivity contribution in [2.24, 2.45) is 5.92 Å². The fourth-order valence-electron chi connectivity index (χ4n) is 1.66. The first-order chi connectivity index (χ1) is 7.28. The molecule has 0 aromatic carbocycles. The lowest BCUT2D eigenvalue weighted by atomic mass is 9.85. The average Bonchev–Trinajstić information content (AvgIpc) is 2.14. The van der Waals surface area contributed by atoms with Crippen LogP contribution in [0.1, 0.15) is 32.0 Å². The normalized spacial score (nSPS) is 16.1. The molecule has 1 fully saturated rings. The summed E-state index contributed by atoms with van der Waals surface area (Å²) < 4.78 is 0.866. The van der Waals surface area contributed by atoms with E-state index in [1.54, 1.807) is 0 Å². The van der Waals surface area contributed by atoms with Crippen LogP contribution in [0.3, 0.4) is 0 Å². The highest BCUT2D eigenvalue weighted by Crippen LogP contribution is 2.26. The fourth-order valence-corrected chi connectivity index (χ4v) is 2.08. The molecular weight excluding hydrogens is 254 g/mol. The Kier molecular flexibility index (Phi) is 3.57. The van der Waals surface area contributed by atoms with Crippen molar-refractivity contribution in [3.8, 4) is 0 Å². The highest BCUT2D eigenvalue weighted by molar-refractivity contribution is 9.10. The Balaban J connectivity index is 1.96. The van der Waals surface area contributed by atoms with E-state index in [1.807, 2.05) is 6.07 Å². The molecule has 0 spiro atoms. The fraction of sp³-hybridized carbons (Fsp3) is 0.636. The zero-order chi connectivity index (χ0) is 10.7. The van der Waals surface area contributed by atoms with E-state index in [9.17, 15) is 0 Å². The van der Waals surface area contributed by atoms with E-state index in [2.05, 4.69) is 38.1 Å². The lowest BCUT2D eigenvalue weighted by Gasteiger charge is -2.25. The van der Waals surface area contributed by atoms with Gasteiger partial charge in [0, 0.05) is 19.0 Å². The second kappa shape index (κ2) is 4.92. The topological polar surface area (TPSA) is 37.8 Å². The molecule has 82 valence electrons. The smallest absolute Gasteiger partial charge is 0.131 e. The maximum atomic E-state index is 4.43. The van der Waals surface area contributed by atoms with Gasteiger partial charge in [0.1, 0.15) is 16.2 Å². The number of aryl methyl sites for hydroxylation is 1. The zero-order valence-corrected chi connectivity index (χ0v) is 10.5. The van der Waals surface area contributed by atoms with Crippen LogP contribution in [-0.2, 0) is 6.42 Å². The SMILES string of the molecule is CCc1nc(Br)cc(NCC2CCC2)n1. The molecule has 2 rings (SSSR count). The van der Waals surface area contributed by atoms with E-state index in [0.717, 1.165) is 35.1 Å². The van der Waals surface area contributed by atoms with Crippen LogP contribution in [0.2, 0.25) is 0 Å². The van der Waals surface area contributed by atoms with Crippen LogP contribution in [0, 0.1) is 5.92 Å². The minimum atomic E-state index is 0.851. The summed E-state index contributed by atoms with van der Waals surface area (Å²) in [4.78, 5) is 8.71. The van der Waals surface area contributed by atoms with Gasteiger partial charge in [-0.3, -0.25) is 0 Å². The monoisotopic (exact) mass is 269 g/mol. The molecule has 0 amide bonds. The van der Waals surface area contributed by atoms with Crippen molar-refractivity contribution in [2.45, 2.75) is 32.6 Å². The van der Waals surface area contributed by atoms with Gasteiger partial charge in [-0.1, -0.05) is 13.3 Å². The number of halogens is 1. The van der Waals surface area contributed by atoms with Gasteiger partial charge in [0.2, 0.25) is 0 Å². The lowest BCUT2D eigenvalue weighted by molar-refractivity contribution is 0.333. The third-order valence-corrected chi connectivity index (χ3v) is 3.26. The van der Waals surface area contributed by atoms with Crippen molar-refractivity contribution in [3.05, 3.63) is 16.5 Å². The molecule has 15 heavy (non-hydrogen) atoms. The first kappa shape index (κ1) is 10.9. The second-order valence-electron chi connectivity index (χ2n) is 4.02. The predicted molar refractivity (Wildman–Crippen MR) is 64.9 cm³/mol. The van der Waals surface area contributed by atoms with Gasteiger partial charge >= 0.3 is 0 Å². The van der Waals surface area contributed by atoms with Crippen molar-refractivity contribution in [1.82, 2.24) is 9.97 Å². The largest absolute Gasteiger partial charge is 0.370 e. The summed E-state index contributed by atoms with van der Waals surface area (Å²) >= 11 is 3.40. The minimum Gasteiger partial charge on any atom is -0.370 e. The summed E-state index contributed by atoms with van der Waals surface area (Å²) in [6.45, 7) is 3.12. The first-order valence-corrected chi connectivity index (χ1v) is 6.34. The maximum absolute atomic E-state index is 4.43. The van der Waals surface area contributed by atoms with Crippen molar-refractivity contribution >= 4 is 21.7 Å². The van der Waals surface area contributed by atoms with Crippen LogP contribution in [0.4, 0.5) is 5.82 Å². The predicted octanol–water partition coefficient (Wildman–Crippen LogP) is 3.01. The number of rotatable bonds is 4. The van der Waals surface area contributed by atoms with Crippen LogP contribution < -0.4 is 5.32 Å². The van der Waals surface area contributed by atoms with Gasteiger partial charge in [-0.05, 0) is 34.7 Å². The Morgan fingerprint density at radius 3 is 2.87 bits per heavy atom. The standard InChI is InChI=1S/C11H16BrN3/c1-2-10-14-9(12)6-11(15-10)13-7-8-4-3-5-8/h6,8H,2-5,7H2,1H3,(H,13,14,15). The molecule has 0 bridgehead atoms. The van der Waals surface area contributed by atoms with E-state index in [1.165, 1.54) is 19.3 Å². The van der Waals surface area contributed by atoms with Crippen LogP contribution >= 0.6 is 15.9 Å². The highest BCUT2D eigenvalue weighted by atomic mass is 79.9. The van der Waals surface area contributed by atoms with E-state index >= 15 is 0 Å². The molecule has 1 saturated carbocycles. The van der Waals surface area contributed by atoms with E-state index in [0.29, 0.717) is 0 Å². The Bertz CT molecular complexity index is 337. The van der Waals surface area contributed by atoms with Gasteiger partial charge in [0.25, 0.3) is 0 Å². The first-order valence-electron chi connectivity index (χ1n) is 5.55. The van der Waals surface area contributed by atoms with Gasteiger partial charge < -0.3 is 5.32 Å². The number of anilines is 1. The van der Waals surface area contributed by atoms with E-state index < -0.39 is 0 Å². The van der Waals surface area contributed by atoms with Crippen LogP contribution in [0.25, 0.3) is 0 Å². The van der Waals surface area contributed by atoms with Crippen LogP contribution in [-0.4, -0.2) is 16.5 Å². The average molecular weight is 270 g/mol. The molecule has 1 aromatic heterocycles. The van der Waals surface area contributed by atoms with Gasteiger partial charge in [0.05, 0.1) is 0 Å². The summed E-state index contributed by atoms with van der Waals surface area (Å²) in [6.07, 6.45) is 4.98. The molecule has 0 unspecified atom stereocenters. The van der Waals surface area contributed by atoms with Gasteiger partial charge in [-0.15, -0.1) is 0 Å². The van der Waals surface area contributed by atoms with Crippen LogP contribution in [0.15, 0.2) is 10.7 Å². The van der Waals surface area contributed by atoms with Gasteiger partial charge in [-0.2, -0.15) is 0 Å². The van der Waals surface area contributed by atoms with Crippen molar-refractivity contribution in [1.29, 1.82) is 0 Å². The quantitative estimate of drug-likeness (QED) is 0.854. The Morgan fingerprint density at radius 1 is 1.47 bits per heavy atom. The van der Waals surface area contributed by atoms with Gasteiger partial charge in [0.15, 0.2) is 0 Å². The summed E-state index contributed by atoms with van der Waals surface area (Å²) in [7, 11) is 0. The molecule has 0 saturated heterocycles. The molecule has 0 aliphatic heterocycles. The van der Waals surface area contributed by atoms with E-state index in [4.69, 9.17) is 0 Å².